The summed E-state index contributed by atoms with van der Waals surface area (Å²) in [6.07, 6.45) is 2.75. The highest BCUT2D eigenvalue weighted by Gasteiger charge is 2.17. The molecule has 0 saturated carbocycles. The van der Waals surface area contributed by atoms with Gasteiger partial charge in [0, 0.05) is 15.6 Å². The van der Waals surface area contributed by atoms with Crippen molar-refractivity contribution in [1.82, 2.24) is 10.7 Å². The highest BCUT2D eigenvalue weighted by molar-refractivity contribution is 9.10. The van der Waals surface area contributed by atoms with E-state index in [4.69, 9.17) is 14.2 Å². The van der Waals surface area contributed by atoms with Crippen LogP contribution in [0.25, 0.3) is 6.08 Å². The maximum Gasteiger partial charge on any atom is 0.287 e. The summed E-state index contributed by atoms with van der Waals surface area (Å²) in [5.74, 6) is 0.0870. The third-order valence-corrected chi connectivity index (χ3v) is 5.35. The minimum absolute atomic E-state index is 0.0501. The van der Waals surface area contributed by atoms with Crippen LogP contribution in [0.3, 0.4) is 0 Å². The second-order valence-electron chi connectivity index (χ2n) is 7.24. The highest BCUT2D eigenvalue weighted by Crippen LogP contribution is 2.33. The largest absolute Gasteiger partial charge is 0.504 e. The Kier molecular flexibility index (Phi) is 7.32. The zero-order chi connectivity index (χ0) is 24.8. The number of hydrogen-bond acceptors (Lipinski definition) is 7. The standard InChI is InChI=1S/C25H20BrN3O6/c1-33-22-12-18(26)11-17(23(22)30)13-27-29-25(32)19(28-24(31)16-5-3-2-4-6-16)9-15-7-8-20-21(10-15)35-14-34-20/h2-13,30H,14H2,1H3,(H,28,31)(H,29,32)/b19-9+,27-13+. The molecule has 1 aliphatic heterocycles. The molecule has 10 heteroatoms. The van der Waals surface area contributed by atoms with Crippen molar-refractivity contribution in [3.05, 3.63) is 87.5 Å². The molecule has 0 bridgehead atoms. The van der Waals surface area contributed by atoms with Gasteiger partial charge in [0.05, 0.1) is 13.3 Å². The Morgan fingerprint density at radius 2 is 1.86 bits per heavy atom. The first-order valence-corrected chi connectivity index (χ1v) is 11.1. The number of phenols is 1. The van der Waals surface area contributed by atoms with Crippen LogP contribution in [-0.4, -0.2) is 37.0 Å². The first kappa shape index (κ1) is 23.8. The number of hydrogen-bond donors (Lipinski definition) is 3. The predicted molar refractivity (Wildman–Crippen MR) is 133 cm³/mol. The molecule has 0 unspecified atom stereocenters. The van der Waals surface area contributed by atoms with E-state index in [1.165, 1.54) is 19.4 Å². The molecule has 0 aromatic heterocycles. The molecule has 0 spiro atoms. The lowest BCUT2D eigenvalue weighted by Gasteiger charge is -2.10. The number of rotatable bonds is 7. The van der Waals surface area contributed by atoms with E-state index in [1.54, 1.807) is 60.7 Å². The van der Waals surface area contributed by atoms with E-state index < -0.39 is 11.8 Å². The van der Waals surface area contributed by atoms with E-state index in [1.807, 2.05) is 0 Å². The van der Waals surface area contributed by atoms with Gasteiger partial charge in [-0.25, -0.2) is 5.43 Å². The minimum atomic E-state index is -0.676. The molecule has 0 fully saturated rings. The maximum atomic E-state index is 13.0. The van der Waals surface area contributed by atoms with E-state index >= 15 is 0 Å². The van der Waals surface area contributed by atoms with Gasteiger partial charge in [-0.15, -0.1) is 0 Å². The summed E-state index contributed by atoms with van der Waals surface area (Å²) in [6, 6.07) is 16.8. The second-order valence-corrected chi connectivity index (χ2v) is 8.15. The van der Waals surface area contributed by atoms with Crippen molar-refractivity contribution in [2.45, 2.75) is 0 Å². The number of methoxy groups -OCH3 is 1. The fourth-order valence-electron chi connectivity index (χ4n) is 3.18. The zero-order valence-corrected chi connectivity index (χ0v) is 20.0. The van der Waals surface area contributed by atoms with Crippen LogP contribution < -0.4 is 25.0 Å². The van der Waals surface area contributed by atoms with Crippen LogP contribution >= 0.6 is 15.9 Å². The molecule has 1 heterocycles. The number of phenolic OH excluding ortho intramolecular Hbond substituents is 1. The van der Waals surface area contributed by atoms with E-state index in [2.05, 4.69) is 31.8 Å². The Morgan fingerprint density at radius 1 is 1.09 bits per heavy atom. The zero-order valence-electron chi connectivity index (χ0n) is 18.4. The lowest BCUT2D eigenvalue weighted by atomic mass is 10.1. The first-order valence-electron chi connectivity index (χ1n) is 10.3. The average molecular weight is 538 g/mol. The molecule has 4 rings (SSSR count). The molecule has 0 radical (unpaired) electrons. The summed E-state index contributed by atoms with van der Waals surface area (Å²) in [4.78, 5) is 25.7. The monoisotopic (exact) mass is 537 g/mol. The Balaban J connectivity index is 1.58. The summed E-state index contributed by atoms with van der Waals surface area (Å²) < 4.78 is 16.5. The number of aromatic hydroxyl groups is 1. The molecular weight excluding hydrogens is 518 g/mol. The fourth-order valence-corrected chi connectivity index (χ4v) is 3.64. The Labute approximate surface area is 209 Å². The van der Waals surface area contributed by atoms with Crippen molar-refractivity contribution in [2.24, 2.45) is 5.10 Å². The molecular formula is C25H20BrN3O6. The van der Waals surface area contributed by atoms with Crippen molar-refractivity contribution >= 4 is 40.0 Å². The molecule has 1 aliphatic rings. The Hall–Kier alpha value is -4.31. The molecule has 0 atom stereocenters. The third kappa shape index (κ3) is 5.79. The summed E-state index contributed by atoms with van der Waals surface area (Å²) in [5, 5.41) is 16.8. The predicted octanol–water partition coefficient (Wildman–Crippen LogP) is 3.81. The molecule has 0 saturated heterocycles. The van der Waals surface area contributed by atoms with Gasteiger partial charge in [-0.2, -0.15) is 5.10 Å². The van der Waals surface area contributed by atoms with Crippen molar-refractivity contribution in [2.75, 3.05) is 13.9 Å². The lowest BCUT2D eigenvalue weighted by molar-refractivity contribution is -0.117. The van der Waals surface area contributed by atoms with Gasteiger partial charge in [0.2, 0.25) is 6.79 Å². The number of carbonyl (C=O) groups excluding carboxylic acids is 2. The smallest absolute Gasteiger partial charge is 0.287 e. The summed E-state index contributed by atoms with van der Waals surface area (Å²) in [5.41, 5.74) is 3.61. The molecule has 0 aliphatic carbocycles. The van der Waals surface area contributed by atoms with Crippen LogP contribution in [0.5, 0.6) is 23.0 Å². The fraction of sp³-hybridized carbons (Fsp3) is 0.0800. The number of carbonyl (C=O) groups is 2. The molecule has 178 valence electrons. The average Bonchev–Trinajstić information content (AvgIpc) is 3.33. The van der Waals surface area contributed by atoms with Crippen LogP contribution in [0.15, 0.2) is 75.9 Å². The number of benzene rings is 3. The molecule has 9 nitrogen and oxygen atoms in total. The number of nitrogens with zero attached hydrogens (tertiary/aromatic N) is 1. The van der Waals surface area contributed by atoms with Gasteiger partial charge in [0.1, 0.15) is 5.70 Å². The van der Waals surface area contributed by atoms with Crippen molar-refractivity contribution in [3.63, 3.8) is 0 Å². The van der Waals surface area contributed by atoms with Crippen LogP contribution in [0.2, 0.25) is 0 Å². The van der Waals surface area contributed by atoms with Gasteiger partial charge in [0.15, 0.2) is 23.0 Å². The van der Waals surface area contributed by atoms with E-state index in [-0.39, 0.29) is 24.0 Å². The van der Waals surface area contributed by atoms with Gasteiger partial charge in [-0.1, -0.05) is 40.2 Å². The number of ether oxygens (including phenoxy) is 3. The van der Waals surface area contributed by atoms with Gasteiger partial charge < -0.3 is 24.6 Å². The number of nitrogens with one attached hydrogen (secondary N) is 2. The molecule has 35 heavy (non-hydrogen) atoms. The van der Waals surface area contributed by atoms with Crippen molar-refractivity contribution < 1.29 is 28.9 Å². The van der Waals surface area contributed by atoms with E-state index in [0.29, 0.717) is 32.7 Å². The van der Waals surface area contributed by atoms with Gasteiger partial charge in [-0.3, -0.25) is 9.59 Å². The second kappa shape index (κ2) is 10.7. The SMILES string of the molecule is COc1cc(Br)cc(/C=N/NC(=O)/C(=C\c2ccc3c(c2)OCO3)NC(=O)c2ccccc2)c1O. The maximum absolute atomic E-state index is 13.0. The van der Waals surface area contributed by atoms with E-state index in [9.17, 15) is 14.7 Å². The first-order chi connectivity index (χ1) is 16.9. The highest BCUT2D eigenvalue weighted by atomic mass is 79.9. The Bertz CT molecular complexity index is 1320. The normalized spacial score (nSPS) is 12.5. The molecule has 3 N–H and O–H groups in total. The van der Waals surface area contributed by atoms with Gasteiger partial charge >= 0.3 is 0 Å². The lowest BCUT2D eigenvalue weighted by Crippen LogP contribution is -2.32. The van der Waals surface area contributed by atoms with Crippen molar-refractivity contribution in [3.8, 4) is 23.0 Å². The topological polar surface area (TPSA) is 118 Å². The summed E-state index contributed by atoms with van der Waals surface area (Å²) >= 11 is 3.32. The molecule has 2 amide bonds. The third-order valence-electron chi connectivity index (χ3n) is 4.90. The van der Waals surface area contributed by atoms with Crippen LogP contribution in [0.1, 0.15) is 21.5 Å². The number of fused-ring (bicyclic) bond motifs is 1. The Morgan fingerprint density at radius 3 is 2.63 bits per heavy atom. The summed E-state index contributed by atoms with van der Waals surface area (Å²) in [6.45, 7) is 0.114. The van der Waals surface area contributed by atoms with E-state index in [0.717, 1.165) is 0 Å². The van der Waals surface area contributed by atoms with Crippen LogP contribution in [0.4, 0.5) is 0 Å². The quantitative estimate of drug-likeness (QED) is 0.239. The number of halogens is 1. The van der Waals surface area contributed by atoms with Crippen molar-refractivity contribution in [1.29, 1.82) is 0 Å². The number of amides is 2. The summed E-state index contributed by atoms with van der Waals surface area (Å²) in [7, 11) is 1.42. The molecule has 3 aromatic rings. The van der Waals surface area contributed by atoms with Gasteiger partial charge in [0.25, 0.3) is 11.8 Å². The minimum Gasteiger partial charge on any atom is -0.504 e. The van der Waals surface area contributed by atoms with Gasteiger partial charge in [-0.05, 0) is 48.0 Å². The molecule has 3 aromatic carbocycles. The van der Waals surface area contributed by atoms with Crippen LogP contribution in [-0.2, 0) is 4.79 Å². The van der Waals surface area contributed by atoms with Crippen LogP contribution in [0, 0.1) is 0 Å². The number of hydrazone groups is 1.